The Labute approximate surface area is 187 Å². The van der Waals surface area contributed by atoms with E-state index in [0.717, 1.165) is 37.7 Å². The van der Waals surface area contributed by atoms with Gasteiger partial charge in [-0.25, -0.2) is 9.59 Å². The standard InChI is InChI=1S/C23H31N3O6/c1-15(24-20(27)14-11-17-9-12-19(31-3)13-10-17)22(29)32-16(2)21(28)26-23(30)25-18-7-5-4-6-8-18/h9-16,18H,4-8H2,1-3H3,(H,24,27)(H2,25,26,28,30)/t15-,16?/m0/s1. The van der Waals surface area contributed by atoms with E-state index in [0.29, 0.717) is 5.75 Å². The Morgan fingerprint density at radius 2 is 1.69 bits per heavy atom. The molecule has 1 aromatic rings. The number of nitrogens with one attached hydrogen (secondary N) is 3. The number of hydrogen-bond donors (Lipinski definition) is 3. The average Bonchev–Trinajstić information content (AvgIpc) is 2.78. The number of methoxy groups -OCH3 is 1. The molecule has 1 fully saturated rings. The molecule has 0 saturated heterocycles. The quantitative estimate of drug-likeness (QED) is 0.417. The Kier molecular flexibility index (Phi) is 9.72. The summed E-state index contributed by atoms with van der Waals surface area (Å²) in [6.45, 7) is 2.81. The molecule has 0 aromatic heterocycles. The average molecular weight is 446 g/mol. The molecule has 9 nitrogen and oxygen atoms in total. The van der Waals surface area contributed by atoms with Crippen LogP contribution in [0.1, 0.15) is 51.5 Å². The summed E-state index contributed by atoms with van der Waals surface area (Å²) in [6.07, 6.45) is 6.71. The van der Waals surface area contributed by atoms with Crippen LogP contribution in [0, 0.1) is 0 Å². The van der Waals surface area contributed by atoms with Gasteiger partial charge in [0.1, 0.15) is 11.8 Å². The van der Waals surface area contributed by atoms with E-state index in [-0.39, 0.29) is 6.04 Å². The summed E-state index contributed by atoms with van der Waals surface area (Å²) >= 11 is 0. The molecule has 0 radical (unpaired) electrons. The van der Waals surface area contributed by atoms with E-state index in [1.165, 1.54) is 19.9 Å². The second-order valence-corrected chi connectivity index (χ2v) is 7.71. The molecule has 0 heterocycles. The van der Waals surface area contributed by atoms with Crippen molar-refractivity contribution in [2.45, 2.75) is 64.1 Å². The summed E-state index contributed by atoms with van der Waals surface area (Å²) < 4.78 is 10.1. The summed E-state index contributed by atoms with van der Waals surface area (Å²) in [7, 11) is 1.56. The summed E-state index contributed by atoms with van der Waals surface area (Å²) in [4.78, 5) is 48.3. The van der Waals surface area contributed by atoms with E-state index in [1.807, 2.05) is 0 Å². The van der Waals surface area contributed by atoms with E-state index in [4.69, 9.17) is 9.47 Å². The predicted molar refractivity (Wildman–Crippen MR) is 119 cm³/mol. The van der Waals surface area contributed by atoms with Gasteiger partial charge < -0.3 is 20.1 Å². The molecule has 1 aliphatic carbocycles. The number of imide groups is 1. The maximum absolute atomic E-state index is 12.2. The Hall–Kier alpha value is -3.36. The Morgan fingerprint density at radius 3 is 2.31 bits per heavy atom. The van der Waals surface area contributed by atoms with Crippen molar-refractivity contribution >= 4 is 29.9 Å². The number of rotatable bonds is 8. The molecule has 2 rings (SSSR count). The maximum Gasteiger partial charge on any atom is 0.329 e. The molecule has 1 aromatic carbocycles. The van der Waals surface area contributed by atoms with Crippen LogP contribution in [0.2, 0.25) is 0 Å². The van der Waals surface area contributed by atoms with Gasteiger partial charge in [0.05, 0.1) is 7.11 Å². The minimum absolute atomic E-state index is 0.0515. The topological polar surface area (TPSA) is 123 Å². The number of carbonyl (C=O) groups excluding carboxylic acids is 4. The highest BCUT2D eigenvalue weighted by atomic mass is 16.5. The van der Waals surface area contributed by atoms with Crippen LogP contribution < -0.4 is 20.7 Å². The van der Waals surface area contributed by atoms with Crippen LogP contribution in [0.3, 0.4) is 0 Å². The molecule has 9 heteroatoms. The third-order valence-electron chi connectivity index (χ3n) is 5.09. The Balaban J connectivity index is 1.74. The van der Waals surface area contributed by atoms with E-state index in [9.17, 15) is 19.2 Å². The fourth-order valence-electron chi connectivity index (χ4n) is 3.22. The van der Waals surface area contributed by atoms with Gasteiger partial charge in [-0.1, -0.05) is 31.4 Å². The van der Waals surface area contributed by atoms with E-state index in [2.05, 4.69) is 16.0 Å². The number of benzene rings is 1. The molecular formula is C23H31N3O6. The molecule has 0 aliphatic heterocycles. The third kappa shape index (κ3) is 8.41. The highest BCUT2D eigenvalue weighted by Crippen LogP contribution is 2.17. The van der Waals surface area contributed by atoms with Crippen molar-refractivity contribution in [3.63, 3.8) is 0 Å². The highest BCUT2D eigenvalue weighted by molar-refractivity contribution is 5.98. The minimum atomic E-state index is -1.19. The molecule has 1 aliphatic rings. The van der Waals surface area contributed by atoms with Crippen molar-refractivity contribution in [2.24, 2.45) is 0 Å². The van der Waals surface area contributed by atoms with Crippen LogP contribution in [0.4, 0.5) is 4.79 Å². The number of amides is 4. The highest BCUT2D eigenvalue weighted by Gasteiger charge is 2.25. The minimum Gasteiger partial charge on any atom is -0.497 e. The lowest BCUT2D eigenvalue weighted by molar-refractivity contribution is -0.156. The van der Waals surface area contributed by atoms with Crippen molar-refractivity contribution < 1.29 is 28.7 Å². The monoisotopic (exact) mass is 445 g/mol. The van der Waals surface area contributed by atoms with Crippen LogP contribution in [-0.2, 0) is 19.1 Å². The fourth-order valence-corrected chi connectivity index (χ4v) is 3.22. The molecule has 1 saturated carbocycles. The Bertz CT molecular complexity index is 831. The second kappa shape index (κ2) is 12.5. The normalized spacial score (nSPS) is 16.0. The maximum atomic E-state index is 12.2. The zero-order valence-electron chi connectivity index (χ0n) is 18.7. The lowest BCUT2D eigenvalue weighted by Crippen LogP contribution is -2.49. The molecule has 32 heavy (non-hydrogen) atoms. The van der Waals surface area contributed by atoms with Gasteiger partial charge in [0.15, 0.2) is 6.10 Å². The SMILES string of the molecule is COc1ccc(C=CC(=O)N[C@@H](C)C(=O)OC(C)C(=O)NC(=O)NC2CCCCC2)cc1. The summed E-state index contributed by atoms with van der Waals surface area (Å²) in [5.74, 6) is -1.31. The number of esters is 1. The second-order valence-electron chi connectivity index (χ2n) is 7.71. The smallest absolute Gasteiger partial charge is 0.329 e. The number of hydrogen-bond acceptors (Lipinski definition) is 6. The van der Waals surface area contributed by atoms with Gasteiger partial charge in [-0.15, -0.1) is 0 Å². The largest absolute Gasteiger partial charge is 0.497 e. The predicted octanol–water partition coefficient (Wildman–Crippen LogP) is 2.30. The van der Waals surface area contributed by atoms with Crippen molar-refractivity contribution in [2.75, 3.05) is 7.11 Å². The molecule has 2 atom stereocenters. The molecule has 174 valence electrons. The summed E-state index contributed by atoms with van der Waals surface area (Å²) in [6, 6.07) is 5.56. The van der Waals surface area contributed by atoms with Crippen LogP contribution in [0.15, 0.2) is 30.3 Å². The van der Waals surface area contributed by atoms with Gasteiger partial charge in [0, 0.05) is 12.1 Å². The number of urea groups is 1. The zero-order chi connectivity index (χ0) is 23.5. The Morgan fingerprint density at radius 1 is 1.03 bits per heavy atom. The van der Waals surface area contributed by atoms with Crippen LogP contribution in [0.5, 0.6) is 5.75 Å². The first-order valence-electron chi connectivity index (χ1n) is 10.7. The van der Waals surface area contributed by atoms with E-state index < -0.39 is 36.0 Å². The van der Waals surface area contributed by atoms with Crippen molar-refractivity contribution in [3.8, 4) is 5.75 Å². The first-order valence-corrected chi connectivity index (χ1v) is 10.7. The first kappa shape index (κ1) is 24.9. The van der Waals surface area contributed by atoms with Crippen LogP contribution in [0.25, 0.3) is 6.08 Å². The van der Waals surface area contributed by atoms with Gasteiger partial charge in [-0.05, 0) is 50.5 Å². The molecule has 0 bridgehead atoms. The van der Waals surface area contributed by atoms with Crippen molar-refractivity contribution in [3.05, 3.63) is 35.9 Å². The van der Waals surface area contributed by atoms with Gasteiger partial charge in [-0.2, -0.15) is 0 Å². The molecular weight excluding hydrogens is 414 g/mol. The van der Waals surface area contributed by atoms with Crippen LogP contribution >= 0.6 is 0 Å². The fraction of sp³-hybridized carbons (Fsp3) is 0.478. The first-order chi connectivity index (χ1) is 15.3. The van der Waals surface area contributed by atoms with Crippen LogP contribution in [-0.4, -0.2) is 49.1 Å². The van der Waals surface area contributed by atoms with Gasteiger partial charge in [0.2, 0.25) is 5.91 Å². The number of carbonyl (C=O) groups is 4. The summed E-state index contributed by atoms with van der Waals surface area (Å²) in [5, 5.41) is 7.42. The lowest BCUT2D eigenvalue weighted by atomic mass is 9.96. The zero-order valence-corrected chi connectivity index (χ0v) is 18.7. The van der Waals surface area contributed by atoms with Crippen molar-refractivity contribution in [1.82, 2.24) is 16.0 Å². The van der Waals surface area contributed by atoms with E-state index >= 15 is 0 Å². The number of ether oxygens (including phenoxy) is 2. The third-order valence-corrected chi connectivity index (χ3v) is 5.09. The molecule has 3 N–H and O–H groups in total. The molecule has 0 spiro atoms. The molecule has 4 amide bonds. The van der Waals surface area contributed by atoms with Crippen molar-refractivity contribution in [1.29, 1.82) is 0 Å². The summed E-state index contributed by atoms with van der Waals surface area (Å²) in [5.41, 5.74) is 0.785. The van der Waals surface area contributed by atoms with E-state index in [1.54, 1.807) is 37.5 Å². The lowest BCUT2D eigenvalue weighted by Gasteiger charge is -2.23. The van der Waals surface area contributed by atoms with Gasteiger partial charge in [-0.3, -0.25) is 14.9 Å². The van der Waals surface area contributed by atoms with Gasteiger partial charge >= 0.3 is 12.0 Å². The molecule has 1 unspecified atom stereocenters. The van der Waals surface area contributed by atoms with Gasteiger partial charge in [0.25, 0.3) is 5.91 Å².